The molecule has 8 heteroatoms. The Labute approximate surface area is 145 Å². The van der Waals surface area contributed by atoms with E-state index in [1.54, 1.807) is 0 Å². The van der Waals surface area contributed by atoms with Crippen molar-refractivity contribution < 1.29 is 26.3 Å². The van der Waals surface area contributed by atoms with E-state index >= 15 is 0 Å². The predicted octanol–water partition coefficient (Wildman–Crippen LogP) is 6.84. The monoisotopic (exact) mass is 388 g/mol. The van der Waals surface area contributed by atoms with Gasteiger partial charge in [-0.1, -0.05) is 17.7 Å². The van der Waals surface area contributed by atoms with Gasteiger partial charge in [0.25, 0.3) is 0 Å². The van der Waals surface area contributed by atoms with Crippen LogP contribution in [0.4, 0.5) is 26.3 Å². The minimum absolute atomic E-state index is 0.0513. The van der Waals surface area contributed by atoms with E-state index in [1.807, 2.05) is 6.26 Å². The van der Waals surface area contributed by atoms with Gasteiger partial charge in [-0.05, 0) is 55.2 Å². The molecule has 0 nitrogen and oxygen atoms in total. The van der Waals surface area contributed by atoms with Crippen molar-refractivity contribution >= 4 is 29.4 Å². The zero-order valence-electron chi connectivity index (χ0n) is 12.6. The van der Waals surface area contributed by atoms with Crippen LogP contribution >= 0.6 is 23.4 Å². The summed E-state index contributed by atoms with van der Waals surface area (Å²) in [5.74, 6) is -0.652. The number of benzene rings is 1. The molecule has 1 aliphatic carbocycles. The standard InChI is InChI=1S/C16H15ClF6S/c1-24-12-5-3-9(6-12)13(16(21,22)23)7-10-2-4-11(8-14(10)17)15(18,19)20/h2,4,7-9,12H,3,5-6H2,1H3/b13-7-. The first-order valence-electron chi connectivity index (χ1n) is 7.20. The van der Waals surface area contributed by atoms with Gasteiger partial charge in [0.2, 0.25) is 0 Å². The Kier molecular flexibility index (Phi) is 5.85. The second kappa shape index (κ2) is 7.20. The van der Waals surface area contributed by atoms with E-state index in [9.17, 15) is 26.3 Å². The van der Waals surface area contributed by atoms with Gasteiger partial charge in [-0.25, -0.2) is 0 Å². The normalized spacial score (nSPS) is 22.9. The molecule has 0 amide bonds. The van der Waals surface area contributed by atoms with Gasteiger partial charge in [0, 0.05) is 15.8 Å². The summed E-state index contributed by atoms with van der Waals surface area (Å²) >= 11 is 7.31. The number of rotatable bonds is 3. The lowest BCUT2D eigenvalue weighted by Gasteiger charge is -2.19. The lowest BCUT2D eigenvalue weighted by Crippen LogP contribution is -2.19. The van der Waals surface area contributed by atoms with Crippen LogP contribution in [-0.2, 0) is 6.18 Å². The molecule has 1 saturated carbocycles. The van der Waals surface area contributed by atoms with E-state index < -0.39 is 29.4 Å². The molecule has 24 heavy (non-hydrogen) atoms. The molecule has 1 fully saturated rings. The quantitative estimate of drug-likeness (QED) is 0.511. The average Bonchev–Trinajstić information content (AvgIpc) is 2.92. The van der Waals surface area contributed by atoms with E-state index in [0.717, 1.165) is 18.2 Å². The van der Waals surface area contributed by atoms with Crippen LogP contribution in [0.5, 0.6) is 0 Å². The molecule has 0 bridgehead atoms. The van der Waals surface area contributed by atoms with Crippen molar-refractivity contribution in [2.45, 2.75) is 36.9 Å². The first-order valence-corrected chi connectivity index (χ1v) is 8.87. The number of allylic oxidation sites excluding steroid dienone is 1. The van der Waals surface area contributed by atoms with Gasteiger partial charge in [0.15, 0.2) is 0 Å². The summed E-state index contributed by atoms with van der Waals surface area (Å²) in [5.41, 5.74) is -1.76. The number of hydrogen-bond donors (Lipinski definition) is 0. The van der Waals surface area contributed by atoms with Crippen LogP contribution in [0.25, 0.3) is 6.08 Å². The Hall–Kier alpha value is -0.820. The van der Waals surface area contributed by atoms with Gasteiger partial charge in [0.1, 0.15) is 0 Å². The first-order chi connectivity index (χ1) is 11.0. The van der Waals surface area contributed by atoms with Gasteiger partial charge in [-0.2, -0.15) is 38.1 Å². The average molecular weight is 389 g/mol. The maximum absolute atomic E-state index is 13.4. The second-order valence-electron chi connectivity index (χ2n) is 5.70. The van der Waals surface area contributed by atoms with Crippen LogP contribution in [0, 0.1) is 5.92 Å². The highest BCUT2D eigenvalue weighted by Crippen LogP contribution is 2.44. The van der Waals surface area contributed by atoms with Crippen LogP contribution in [0.1, 0.15) is 30.4 Å². The SMILES string of the molecule is CSC1CCC(/C(=C/c2ccc(C(F)(F)F)cc2Cl)C(F)(F)F)C1. The van der Waals surface area contributed by atoms with Crippen LogP contribution in [0.3, 0.4) is 0 Å². The minimum Gasteiger partial charge on any atom is -0.166 e. The van der Waals surface area contributed by atoms with Gasteiger partial charge < -0.3 is 0 Å². The molecular weight excluding hydrogens is 374 g/mol. The molecule has 0 aliphatic heterocycles. The highest BCUT2D eigenvalue weighted by Gasteiger charge is 2.41. The van der Waals surface area contributed by atoms with E-state index in [-0.39, 0.29) is 15.8 Å². The van der Waals surface area contributed by atoms with E-state index in [0.29, 0.717) is 25.3 Å². The number of halogens is 7. The molecule has 2 atom stereocenters. The van der Waals surface area contributed by atoms with Crippen molar-refractivity contribution in [3.05, 3.63) is 39.9 Å². The lowest BCUT2D eigenvalue weighted by molar-refractivity contribution is -0.137. The highest BCUT2D eigenvalue weighted by atomic mass is 35.5. The van der Waals surface area contributed by atoms with Gasteiger partial charge in [0.05, 0.1) is 5.56 Å². The molecule has 0 spiro atoms. The molecule has 0 heterocycles. The van der Waals surface area contributed by atoms with Gasteiger partial charge >= 0.3 is 12.4 Å². The fourth-order valence-electron chi connectivity index (χ4n) is 2.86. The fraction of sp³-hybridized carbons (Fsp3) is 0.500. The molecule has 2 unspecified atom stereocenters. The molecule has 2 rings (SSSR count). The zero-order valence-corrected chi connectivity index (χ0v) is 14.2. The maximum Gasteiger partial charge on any atom is 0.416 e. The third kappa shape index (κ3) is 4.63. The minimum atomic E-state index is -4.59. The topological polar surface area (TPSA) is 0 Å². The molecule has 1 aliphatic rings. The van der Waals surface area contributed by atoms with Crippen LogP contribution in [-0.4, -0.2) is 17.7 Å². The summed E-state index contributed by atoms with van der Waals surface area (Å²) < 4.78 is 78.0. The summed E-state index contributed by atoms with van der Waals surface area (Å²) in [4.78, 5) is 0. The van der Waals surface area contributed by atoms with Crippen molar-refractivity contribution in [2.24, 2.45) is 5.92 Å². The Balaban J connectivity index is 2.37. The molecule has 1 aromatic rings. The molecular formula is C16H15ClF6S. The Morgan fingerprint density at radius 1 is 1.17 bits per heavy atom. The number of thioether (sulfide) groups is 1. The molecule has 1 aromatic carbocycles. The fourth-order valence-corrected chi connectivity index (χ4v) is 3.89. The summed E-state index contributed by atoms with van der Waals surface area (Å²) in [5, 5.41) is -0.171. The molecule has 0 aromatic heterocycles. The lowest BCUT2D eigenvalue weighted by atomic mass is 9.94. The van der Waals surface area contributed by atoms with Crippen molar-refractivity contribution in [1.82, 2.24) is 0 Å². The van der Waals surface area contributed by atoms with Crippen LogP contribution in [0.15, 0.2) is 23.8 Å². The Morgan fingerprint density at radius 2 is 1.83 bits per heavy atom. The molecule has 134 valence electrons. The van der Waals surface area contributed by atoms with Crippen molar-refractivity contribution in [3.8, 4) is 0 Å². The third-order valence-corrected chi connectivity index (χ3v) is 5.55. The van der Waals surface area contributed by atoms with Gasteiger partial charge in [-0.15, -0.1) is 0 Å². The smallest absolute Gasteiger partial charge is 0.166 e. The molecule has 0 radical (unpaired) electrons. The van der Waals surface area contributed by atoms with Crippen molar-refractivity contribution in [1.29, 1.82) is 0 Å². The summed E-state index contributed by atoms with van der Waals surface area (Å²) in [6, 6.07) is 2.38. The van der Waals surface area contributed by atoms with E-state index in [4.69, 9.17) is 11.6 Å². The molecule has 0 saturated heterocycles. The Bertz CT molecular complexity index is 620. The first kappa shape index (κ1) is 19.5. The van der Waals surface area contributed by atoms with Crippen molar-refractivity contribution in [2.75, 3.05) is 6.26 Å². The van der Waals surface area contributed by atoms with Gasteiger partial charge in [-0.3, -0.25) is 0 Å². The predicted molar refractivity (Wildman–Crippen MR) is 85.1 cm³/mol. The highest BCUT2D eigenvalue weighted by molar-refractivity contribution is 7.99. The van der Waals surface area contributed by atoms with E-state index in [2.05, 4.69) is 0 Å². The zero-order chi connectivity index (χ0) is 18.1. The number of alkyl halides is 6. The third-order valence-electron chi connectivity index (χ3n) is 4.12. The van der Waals surface area contributed by atoms with Crippen LogP contribution in [0.2, 0.25) is 5.02 Å². The Morgan fingerprint density at radius 3 is 2.29 bits per heavy atom. The number of hydrogen-bond acceptors (Lipinski definition) is 1. The van der Waals surface area contributed by atoms with Crippen molar-refractivity contribution in [3.63, 3.8) is 0 Å². The largest absolute Gasteiger partial charge is 0.416 e. The molecule has 0 N–H and O–H groups in total. The summed E-state index contributed by atoms with van der Waals surface area (Å²) in [7, 11) is 0. The second-order valence-corrected chi connectivity index (χ2v) is 7.24. The van der Waals surface area contributed by atoms with E-state index in [1.165, 1.54) is 11.8 Å². The summed E-state index contributed by atoms with van der Waals surface area (Å²) in [6.45, 7) is 0. The van der Waals surface area contributed by atoms with Crippen LogP contribution < -0.4 is 0 Å². The summed E-state index contributed by atoms with van der Waals surface area (Å²) in [6.07, 6.45) is -4.87. The maximum atomic E-state index is 13.4.